The molecule has 0 unspecified atom stereocenters. The molecule has 106 valence electrons. The van der Waals surface area contributed by atoms with Crippen molar-refractivity contribution in [1.29, 1.82) is 0 Å². The van der Waals surface area contributed by atoms with Gasteiger partial charge in [0.15, 0.2) is 0 Å². The largest absolute Gasteiger partial charge is 0.418 e. The Kier molecular flexibility index (Phi) is 3.74. The number of nitrogens with one attached hydrogen (secondary N) is 1. The summed E-state index contributed by atoms with van der Waals surface area (Å²) in [6.07, 6.45) is -4.40. The fraction of sp³-hybridized carbons (Fsp3) is 0.143. The molecule has 0 saturated heterocycles. The van der Waals surface area contributed by atoms with Crippen LogP contribution in [0.15, 0.2) is 42.5 Å². The fourth-order valence-corrected chi connectivity index (χ4v) is 1.85. The average molecular weight is 281 g/mol. The molecule has 2 aromatic carbocycles. The van der Waals surface area contributed by atoms with E-state index in [1.807, 2.05) is 0 Å². The smallest absolute Gasteiger partial charge is 0.399 e. The minimum absolute atomic E-state index is 0.0156. The van der Waals surface area contributed by atoms with Crippen molar-refractivity contribution in [2.45, 2.75) is 12.7 Å². The molecule has 0 aliphatic carbocycles. The molecule has 6 heteroatoms. The standard InChI is InChI=1S/C14H14F3N3/c15-14(16,17)11-3-1-2-4-13(11)20-8-9-7-10(18)5-6-12(9)19/h1-7,20H,8,18-19H2. The van der Waals surface area contributed by atoms with Crippen molar-refractivity contribution in [1.82, 2.24) is 0 Å². The van der Waals surface area contributed by atoms with Crippen LogP contribution in [0.5, 0.6) is 0 Å². The van der Waals surface area contributed by atoms with Gasteiger partial charge in [0.05, 0.1) is 5.56 Å². The van der Waals surface area contributed by atoms with Crippen molar-refractivity contribution < 1.29 is 13.2 Å². The lowest BCUT2D eigenvalue weighted by Gasteiger charge is -2.15. The quantitative estimate of drug-likeness (QED) is 0.755. The van der Waals surface area contributed by atoms with Gasteiger partial charge in [-0.2, -0.15) is 13.2 Å². The molecule has 3 nitrogen and oxygen atoms in total. The summed E-state index contributed by atoms with van der Waals surface area (Å²) in [7, 11) is 0. The minimum Gasteiger partial charge on any atom is -0.399 e. The second kappa shape index (κ2) is 5.32. The Bertz CT molecular complexity index is 609. The summed E-state index contributed by atoms with van der Waals surface area (Å²) in [6.45, 7) is 0.171. The van der Waals surface area contributed by atoms with Crippen LogP contribution in [0.25, 0.3) is 0 Å². The van der Waals surface area contributed by atoms with Crippen molar-refractivity contribution >= 4 is 17.1 Å². The number of para-hydroxylation sites is 1. The highest BCUT2D eigenvalue weighted by Crippen LogP contribution is 2.34. The molecule has 0 fully saturated rings. The predicted molar refractivity (Wildman–Crippen MR) is 74.0 cm³/mol. The molecule has 0 bridgehead atoms. The van der Waals surface area contributed by atoms with E-state index >= 15 is 0 Å². The lowest BCUT2D eigenvalue weighted by atomic mass is 10.1. The molecule has 5 N–H and O–H groups in total. The molecule has 0 saturated carbocycles. The minimum atomic E-state index is -4.40. The third-order valence-electron chi connectivity index (χ3n) is 2.87. The number of alkyl halides is 3. The number of anilines is 3. The van der Waals surface area contributed by atoms with Crippen LogP contribution in [0.2, 0.25) is 0 Å². The number of nitrogen functional groups attached to an aromatic ring is 2. The van der Waals surface area contributed by atoms with Crippen LogP contribution in [-0.4, -0.2) is 0 Å². The summed E-state index contributed by atoms with van der Waals surface area (Å²) in [5, 5.41) is 2.75. The van der Waals surface area contributed by atoms with Crippen LogP contribution >= 0.6 is 0 Å². The molecule has 0 radical (unpaired) electrons. The summed E-state index contributed by atoms with van der Waals surface area (Å²) in [6, 6.07) is 10.2. The second-order valence-electron chi connectivity index (χ2n) is 4.36. The molecular weight excluding hydrogens is 267 g/mol. The Morgan fingerprint density at radius 3 is 2.40 bits per heavy atom. The molecular formula is C14H14F3N3. The molecule has 0 aliphatic heterocycles. The molecule has 2 rings (SSSR count). The Hall–Kier alpha value is -2.37. The Balaban J connectivity index is 2.21. The number of halogens is 3. The topological polar surface area (TPSA) is 64.1 Å². The first-order chi connectivity index (χ1) is 9.38. The fourth-order valence-electron chi connectivity index (χ4n) is 1.85. The number of nitrogens with two attached hydrogens (primary N) is 2. The Morgan fingerprint density at radius 2 is 1.70 bits per heavy atom. The van der Waals surface area contributed by atoms with Gasteiger partial charge >= 0.3 is 6.18 Å². The van der Waals surface area contributed by atoms with E-state index in [1.165, 1.54) is 12.1 Å². The van der Waals surface area contributed by atoms with Gasteiger partial charge in [-0.1, -0.05) is 12.1 Å². The van der Waals surface area contributed by atoms with Gasteiger partial charge in [0.2, 0.25) is 0 Å². The zero-order valence-electron chi connectivity index (χ0n) is 10.5. The molecule has 0 aromatic heterocycles. The maximum Gasteiger partial charge on any atom is 0.418 e. The summed E-state index contributed by atoms with van der Waals surface area (Å²) >= 11 is 0. The zero-order chi connectivity index (χ0) is 14.8. The van der Waals surface area contributed by atoms with E-state index in [4.69, 9.17) is 11.5 Å². The van der Waals surface area contributed by atoms with Crippen LogP contribution in [-0.2, 0) is 12.7 Å². The highest BCUT2D eigenvalue weighted by atomic mass is 19.4. The summed E-state index contributed by atoms with van der Waals surface area (Å²) in [5.74, 6) is 0. The van der Waals surface area contributed by atoms with Crippen molar-refractivity contribution in [3.63, 3.8) is 0 Å². The number of hydrogen-bond acceptors (Lipinski definition) is 3. The van der Waals surface area contributed by atoms with E-state index in [9.17, 15) is 13.2 Å². The highest BCUT2D eigenvalue weighted by Gasteiger charge is 2.33. The first-order valence-corrected chi connectivity index (χ1v) is 5.92. The van der Waals surface area contributed by atoms with Crippen LogP contribution in [0.1, 0.15) is 11.1 Å². The third kappa shape index (κ3) is 3.14. The van der Waals surface area contributed by atoms with Crippen molar-refractivity contribution in [2.24, 2.45) is 0 Å². The predicted octanol–water partition coefficient (Wildman–Crippen LogP) is 3.48. The van der Waals surface area contributed by atoms with Crippen LogP contribution in [0, 0.1) is 0 Å². The van der Waals surface area contributed by atoms with Gasteiger partial charge in [-0.15, -0.1) is 0 Å². The van der Waals surface area contributed by atoms with Crippen LogP contribution in [0.3, 0.4) is 0 Å². The maximum atomic E-state index is 12.8. The van der Waals surface area contributed by atoms with Gasteiger partial charge in [-0.3, -0.25) is 0 Å². The Labute approximate surface area is 114 Å². The van der Waals surface area contributed by atoms with E-state index in [2.05, 4.69) is 5.32 Å². The molecule has 0 aliphatic rings. The average Bonchev–Trinajstić information content (AvgIpc) is 2.39. The van der Waals surface area contributed by atoms with Gasteiger partial charge in [-0.25, -0.2) is 0 Å². The van der Waals surface area contributed by atoms with Crippen LogP contribution in [0.4, 0.5) is 30.2 Å². The molecule has 0 spiro atoms. The second-order valence-corrected chi connectivity index (χ2v) is 4.36. The summed E-state index contributed by atoms with van der Waals surface area (Å²) < 4.78 is 38.5. The van der Waals surface area contributed by atoms with E-state index in [0.29, 0.717) is 16.9 Å². The number of hydrogen-bond donors (Lipinski definition) is 3. The van der Waals surface area contributed by atoms with Crippen molar-refractivity contribution in [3.8, 4) is 0 Å². The van der Waals surface area contributed by atoms with Gasteiger partial charge in [0.1, 0.15) is 0 Å². The molecule has 0 atom stereocenters. The molecule has 0 amide bonds. The molecule has 20 heavy (non-hydrogen) atoms. The summed E-state index contributed by atoms with van der Waals surface area (Å²) in [5.41, 5.74) is 12.4. The monoisotopic (exact) mass is 281 g/mol. The normalized spacial score (nSPS) is 11.3. The van der Waals surface area contributed by atoms with Crippen molar-refractivity contribution in [2.75, 3.05) is 16.8 Å². The van der Waals surface area contributed by atoms with Gasteiger partial charge < -0.3 is 16.8 Å². The SMILES string of the molecule is Nc1ccc(N)c(CNc2ccccc2C(F)(F)F)c1. The first kappa shape index (κ1) is 14.0. The number of benzene rings is 2. The first-order valence-electron chi connectivity index (χ1n) is 5.92. The Morgan fingerprint density at radius 1 is 1.00 bits per heavy atom. The van der Waals surface area contributed by atoms with Crippen LogP contribution < -0.4 is 16.8 Å². The maximum absolute atomic E-state index is 12.8. The van der Waals surface area contributed by atoms with Crippen molar-refractivity contribution in [3.05, 3.63) is 53.6 Å². The van der Waals surface area contributed by atoms with E-state index < -0.39 is 11.7 Å². The highest BCUT2D eigenvalue weighted by molar-refractivity contribution is 5.58. The lowest BCUT2D eigenvalue weighted by Crippen LogP contribution is -2.11. The molecule has 2 aromatic rings. The third-order valence-corrected chi connectivity index (χ3v) is 2.87. The van der Waals surface area contributed by atoms with Gasteiger partial charge in [-0.05, 0) is 35.9 Å². The van der Waals surface area contributed by atoms with Gasteiger partial charge in [0, 0.05) is 23.6 Å². The molecule has 0 heterocycles. The van der Waals surface area contributed by atoms with E-state index in [0.717, 1.165) is 6.07 Å². The zero-order valence-corrected chi connectivity index (χ0v) is 10.5. The number of rotatable bonds is 3. The van der Waals surface area contributed by atoms with Gasteiger partial charge in [0.25, 0.3) is 0 Å². The van der Waals surface area contributed by atoms with E-state index in [-0.39, 0.29) is 12.2 Å². The van der Waals surface area contributed by atoms with E-state index in [1.54, 1.807) is 24.3 Å². The lowest BCUT2D eigenvalue weighted by molar-refractivity contribution is -0.136. The summed E-state index contributed by atoms with van der Waals surface area (Å²) in [4.78, 5) is 0.